The number of hydrogen-bond acceptors (Lipinski definition) is 5. The quantitative estimate of drug-likeness (QED) is 0.371. The molecule has 0 spiro atoms. The average Bonchev–Trinajstić information content (AvgIpc) is 3.48. The summed E-state index contributed by atoms with van der Waals surface area (Å²) >= 11 is 0. The number of piperidine rings is 1. The molecule has 0 saturated carbocycles. The summed E-state index contributed by atoms with van der Waals surface area (Å²) in [6, 6.07) is 15.4. The first-order chi connectivity index (χ1) is 17.0. The summed E-state index contributed by atoms with van der Waals surface area (Å²) in [5, 5.41) is 4.49. The van der Waals surface area contributed by atoms with Crippen LogP contribution in [0.5, 0.6) is 0 Å². The minimum absolute atomic E-state index is 0.334. The molecular weight excluding hydrogens is 460 g/mol. The maximum Gasteiger partial charge on any atom is 0.243 e. The van der Waals surface area contributed by atoms with Crippen LogP contribution >= 0.6 is 0 Å². The SMILES string of the molecule is CCn1c(CN(C)Cc2cnn(-c3ccccc3)c2)nc2cc(S(=O)(=O)N3CCCCC3)ccc21. The Morgan fingerprint density at radius 2 is 1.77 bits per heavy atom. The van der Waals surface area contributed by atoms with Crippen LogP contribution in [-0.2, 0) is 29.7 Å². The lowest BCUT2D eigenvalue weighted by atomic mass is 10.2. The van der Waals surface area contributed by atoms with Gasteiger partial charge in [0.15, 0.2) is 0 Å². The summed E-state index contributed by atoms with van der Waals surface area (Å²) in [7, 11) is -1.42. The zero-order chi connectivity index (χ0) is 24.4. The molecule has 2 aromatic carbocycles. The molecule has 1 fully saturated rings. The average molecular weight is 493 g/mol. The van der Waals surface area contributed by atoms with Gasteiger partial charge in [-0.2, -0.15) is 9.40 Å². The Labute approximate surface area is 206 Å². The van der Waals surface area contributed by atoms with Gasteiger partial charge in [0, 0.05) is 37.9 Å². The van der Waals surface area contributed by atoms with Crippen molar-refractivity contribution in [2.75, 3.05) is 20.1 Å². The number of sulfonamides is 1. The van der Waals surface area contributed by atoms with Crippen LogP contribution in [0, 0.1) is 0 Å². The minimum Gasteiger partial charge on any atom is -0.327 e. The van der Waals surface area contributed by atoms with Crippen LogP contribution in [0.15, 0.2) is 65.8 Å². The Morgan fingerprint density at radius 1 is 1.00 bits per heavy atom. The van der Waals surface area contributed by atoms with Gasteiger partial charge in [0.25, 0.3) is 0 Å². The van der Waals surface area contributed by atoms with Crippen molar-refractivity contribution in [3.63, 3.8) is 0 Å². The molecule has 1 aliphatic rings. The standard InChI is InChI=1S/C26H32N6O2S/c1-3-31-25-13-12-23(35(33,34)30-14-8-5-9-15-30)16-24(25)28-26(31)20-29(2)18-21-17-27-32(19-21)22-10-6-4-7-11-22/h4,6-7,10-13,16-17,19H,3,5,8-9,14-15,18,20H2,1-2H3. The smallest absolute Gasteiger partial charge is 0.243 e. The van der Waals surface area contributed by atoms with Crippen LogP contribution in [0.1, 0.15) is 37.6 Å². The van der Waals surface area contributed by atoms with E-state index in [2.05, 4.69) is 28.5 Å². The van der Waals surface area contributed by atoms with Gasteiger partial charge in [-0.3, -0.25) is 4.90 Å². The zero-order valence-electron chi connectivity index (χ0n) is 20.3. The highest BCUT2D eigenvalue weighted by Crippen LogP contribution is 2.25. The summed E-state index contributed by atoms with van der Waals surface area (Å²) in [4.78, 5) is 7.39. The van der Waals surface area contributed by atoms with Gasteiger partial charge in [-0.15, -0.1) is 0 Å². The molecule has 0 unspecified atom stereocenters. The van der Waals surface area contributed by atoms with E-state index in [1.807, 2.05) is 53.5 Å². The lowest BCUT2D eigenvalue weighted by Crippen LogP contribution is -2.35. The molecular formula is C26H32N6O2S. The van der Waals surface area contributed by atoms with Crippen LogP contribution in [0.4, 0.5) is 0 Å². The fourth-order valence-corrected chi connectivity index (χ4v) is 6.36. The summed E-state index contributed by atoms with van der Waals surface area (Å²) in [5.41, 5.74) is 3.84. The fraction of sp³-hybridized carbons (Fsp3) is 0.385. The maximum atomic E-state index is 13.2. The number of para-hydroxylation sites is 1. The summed E-state index contributed by atoms with van der Waals surface area (Å²) in [6.07, 6.45) is 6.88. The number of benzene rings is 2. The van der Waals surface area contributed by atoms with Crippen LogP contribution < -0.4 is 0 Å². The first kappa shape index (κ1) is 23.7. The number of imidazole rings is 1. The van der Waals surface area contributed by atoms with Crippen molar-refractivity contribution < 1.29 is 8.42 Å². The predicted molar refractivity (Wildman–Crippen MR) is 137 cm³/mol. The zero-order valence-corrected chi connectivity index (χ0v) is 21.2. The summed E-state index contributed by atoms with van der Waals surface area (Å²) in [6.45, 7) is 5.43. The molecule has 35 heavy (non-hydrogen) atoms. The van der Waals surface area contributed by atoms with Gasteiger partial charge >= 0.3 is 0 Å². The van der Waals surface area contributed by atoms with Gasteiger partial charge in [-0.05, 0) is 57.1 Å². The minimum atomic E-state index is -3.48. The first-order valence-corrected chi connectivity index (χ1v) is 13.7. The van der Waals surface area contributed by atoms with Crippen molar-refractivity contribution in [2.45, 2.75) is 50.7 Å². The number of hydrogen-bond donors (Lipinski definition) is 0. The van der Waals surface area contributed by atoms with Gasteiger partial charge in [0.05, 0.1) is 34.4 Å². The van der Waals surface area contributed by atoms with Crippen LogP contribution in [0.2, 0.25) is 0 Å². The molecule has 0 amide bonds. The Hall–Kier alpha value is -3.01. The predicted octanol–water partition coefficient (Wildman–Crippen LogP) is 4.05. The second-order valence-corrected chi connectivity index (χ2v) is 11.1. The monoisotopic (exact) mass is 492 g/mol. The fourth-order valence-electron chi connectivity index (χ4n) is 4.82. The van der Waals surface area contributed by atoms with Crippen molar-refractivity contribution in [3.05, 3.63) is 72.3 Å². The van der Waals surface area contributed by atoms with Crippen molar-refractivity contribution >= 4 is 21.1 Å². The van der Waals surface area contributed by atoms with Crippen molar-refractivity contribution in [1.82, 2.24) is 28.5 Å². The molecule has 1 aliphatic heterocycles. The van der Waals surface area contributed by atoms with Gasteiger partial charge in [-0.25, -0.2) is 18.1 Å². The van der Waals surface area contributed by atoms with Gasteiger partial charge in [0.2, 0.25) is 10.0 Å². The third-order valence-corrected chi connectivity index (χ3v) is 8.48. The Bertz CT molecular complexity index is 1400. The Kier molecular flexibility index (Phi) is 6.73. The summed E-state index contributed by atoms with van der Waals surface area (Å²) in [5.74, 6) is 0.924. The van der Waals surface area contributed by atoms with Crippen molar-refractivity contribution in [1.29, 1.82) is 0 Å². The van der Waals surface area contributed by atoms with E-state index in [-0.39, 0.29) is 0 Å². The molecule has 8 nitrogen and oxygen atoms in total. The van der Waals surface area contributed by atoms with Gasteiger partial charge in [-0.1, -0.05) is 24.6 Å². The van der Waals surface area contributed by atoms with Crippen molar-refractivity contribution in [3.8, 4) is 5.69 Å². The third-order valence-electron chi connectivity index (χ3n) is 6.59. The molecule has 9 heteroatoms. The van der Waals surface area contributed by atoms with E-state index in [0.29, 0.717) is 24.5 Å². The maximum absolute atomic E-state index is 13.2. The second kappa shape index (κ2) is 9.93. The highest BCUT2D eigenvalue weighted by atomic mass is 32.2. The Morgan fingerprint density at radius 3 is 2.51 bits per heavy atom. The second-order valence-electron chi connectivity index (χ2n) is 9.19. The van der Waals surface area contributed by atoms with E-state index in [4.69, 9.17) is 4.98 Å². The van der Waals surface area contributed by atoms with Crippen LogP contribution in [0.25, 0.3) is 16.7 Å². The highest BCUT2D eigenvalue weighted by Gasteiger charge is 2.26. The topological polar surface area (TPSA) is 76.3 Å². The first-order valence-electron chi connectivity index (χ1n) is 12.2. The van der Waals surface area contributed by atoms with Crippen LogP contribution in [0.3, 0.4) is 0 Å². The Balaban J connectivity index is 1.35. The molecule has 0 radical (unpaired) electrons. The molecule has 0 N–H and O–H groups in total. The molecule has 0 aliphatic carbocycles. The molecule has 5 rings (SSSR count). The van der Waals surface area contributed by atoms with E-state index in [0.717, 1.165) is 60.5 Å². The van der Waals surface area contributed by atoms with Crippen LogP contribution in [-0.4, -0.2) is 57.1 Å². The molecule has 184 valence electrons. The molecule has 4 aromatic rings. The van der Waals surface area contributed by atoms with E-state index in [1.165, 1.54) is 0 Å². The lowest BCUT2D eigenvalue weighted by molar-refractivity contribution is 0.306. The number of rotatable bonds is 8. The van der Waals surface area contributed by atoms with E-state index in [1.54, 1.807) is 16.4 Å². The largest absolute Gasteiger partial charge is 0.327 e. The van der Waals surface area contributed by atoms with Gasteiger partial charge < -0.3 is 4.57 Å². The number of aryl methyl sites for hydroxylation is 1. The third kappa shape index (κ3) is 4.89. The molecule has 0 atom stereocenters. The van der Waals surface area contributed by atoms with Gasteiger partial charge in [0.1, 0.15) is 5.82 Å². The van der Waals surface area contributed by atoms with E-state index >= 15 is 0 Å². The molecule has 2 aromatic heterocycles. The number of nitrogens with zero attached hydrogens (tertiary/aromatic N) is 6. The molecule has 3 heterocycles. The van der Waals surface area contributed by atoms with Crippen molar-refractivity contribution in [2.24, 2.45) is 0 Å². The van der Waals surface area contributed by atoms with E-state index < -0.39 is 10.0 Å². The lowest BCUT2D eigenvalue weighted by Gasteiger charge is -2.25. The normalized spacial score (nSPS) is 15.3. The highest BCUT2D eigenvalue weighted by molar-refractivity contribution is 7.89. The molecule has 0 bridgehead atoms. The van der Waals surface area contributed by atoms with E-state index in [9.17, 15) is 8.42 Å². The summed E-state index contributed by atoms with van der Waals surface area (Å²) < 4.78 is 32.0. The number of fused-ring (bicyclic) bond motifs is 1. The number of aromatic nitrogens is 4. The molecule has 1 saturated heterocycles.